The number of hydrogen-bond donors (Lipinski definition) is 1. The molecule has 1 fully saturated rings. The second-order valence-electron chi connectivity index (χ2n) is 4.32. The molecule has 0 bridgehead atoms. The van der Waals surface area contributed by atoms with Crippen LogP contribution in [0.1, 0.15) is 10.5 Å². The highest BCUT2D eigenvalue weighted by Crippen LogP contribution is 2.25. The van der Waals surface area contributed by atoms with E-state index in [0.717, 1.165) is 4.88 Å². The normalized spacial score (nSPS) is 15.3. The van der Waals surface area contributed by atoms with Crippen LogP contribution in [0.15, 0.2) is 23.6 Å². The smallest absolute Gasteiger partial charge is 0.354 e. The van der Waals surface area contributed by atoms with Crippen molar-refractivity contribution in [1.29, 1.82) is 0 Å². The third-order valence-corrected chi connectivity index (χ3v) is 3.89. The molecule has 0 spiro atoms. The zero-order valence-corrected chi connectivity index (χ0v) is 11.5. The fraction of sp³-hybridized carbons (Fsp3) is 0.308. The van der Waals surface area contributed by atoms with Gasteiger partial charge >= 0.3 is 5.97 Å². The molecule has 0 amide bonds. The first-order valence-corrected chi connectivity index (χ1v) is 7.11. The van der Waals surface area contributed by atoms with E-state index in [4.69, 9.17) is 4.74 Å². The van der Waals surface area contributed by atoms with Gasteiger partial charge in [0.25, 0.3) is 0 Å². The van der Waals surface area contributed by atoms with Gasteiger partial charge in [0.05, 0.1) is 23.8 Å². The van der Waals surface area contributed by atoms with Crippen LogP contribution in [0.2, 0.25) is 0 Å². The van der Waals surface area contributed by atoms with Crippen LogP contribution >= 0.6 is 11.3 Å². The summed E-state index contributed by atoms with van der Waals surface area (Å²) in [5.74, 6) is -0.587. The second kappa shape index (κ2) is 5.56. The number of rotatable bonds is 3. The van der Waals surface area contributed by atoms with Crippen LogP contribution in [0.25, 0.3) is 10.6 Å². The highest BCUT2D eigenvalue weighted by atomic mass is 32.1. The molecule has 7 heteroatoms. The number of carboxylic acids is 1. The molecule has 0 unspecified atom stereocenters. The first-order chi connectivity index (χ1) is 9.74. The average molecular weight is 291 g/mol. The van der Waals surface area contributed by atoms with Gasteiger partial charge in [-0.3, -0.25) is 0 Å². The van der Waals surface area contributed by atoms with Crippen molar-refractivity contribution in [2.45, 2.75) is 0 Å². The summed E-state index contributed by atoms with van der Waals surface area (Å²) in [6, 6.07) is 5.34. The van der Waals surface area contributed by atoms with Gasteiger partial charge in [-0.1, -0.05) is 6.07 Å². The van der Waals surface area contributed by atoms with Crippen LogP contribution in [0.4, 0.5) is 5.95 Å². The molecule has 0 saturated carbocycles. The topological polar surface area (TPSA) is 75.5 Å². The monoisotopic (exact) mass is 291 g/mol. The Morgan fingerprint density at radius 3 is 2.80 bits per heavy atom. The van der Waals surface area contributed by atoms with Crippen molar-refractivity contribution in [3.05, 3.63) is 29.3 Å². The number of aromatic nitrogens is 2. The van der Waals surface area contributed by atoms with E-state index in [1.54, 1.807) is 0 Å². The first kappa shape index (κ1) is 13.0. The lowest BCUT2D eigenvalue weighted by Crippen LogP contribution is -2.37. The van der Waals surface area contributed by atoms with Gasteiger partial charge < -0.3 is 14.7 Å². The molecule has 6 nitrogen and oxygen atoms in total. The summed E-state index contributed by atoms with van der Waals surface area (Å²) in [5.41, 5.74) is 0.666. The van der Waals surface area contributed by atoms with Crippen LogP contribution in [0.5, 0.6) is 0 Å². The Balaban J connectivity index is 2.02. The molecular formula is C13H13N3O3S. The lowest BCUT2D eigenvalue weighted by Gasteiger charge is -2.27. The van der Waals surface area contributed by atoms with E-state index in [1.807, 2.05) is 22.4 Å². The summed E-state index contributed by atoms with van der Waals surface area (Å²) in [7, 11) is 0. The molecule has 0 aromatic carbocycles. The fourth-order valence-electron chi connectivity index (χ4n) is 2.00. The van der Waals surface area contributed by atoms with Crippen LogP contribution in [0, 0.1) is 0 Å². The number of nitrogens with zero attached hydrogens (tertiary/aromatic N) is 3. The molecule has 1 aliphatic rings. The Labute approximate surface area is 119 Å². The van der Waals surface area contributed by atoms with Gasteiger partial charge in [-0.25, -0.2) is 14.8 Å². The van der Waals surface area contributed by atoms with E-state index < -0.39 is 5.97 Å². The minimum atomic E-state index is -1.04. The van der Waals surface area contributed by atoms with Crippen LogP contribution in [-0.2, 0) is 4.74 Å². The molecule has 2 aromatic rings. The average Bonchev–Trinajstić information content (AvgIpc) is 3.02. The predicted octanol–water partition coefficient (Wildman–Crippen LogP) is 1.74. The molecular weight excluding hydrogens is 278 g/mol. The lowest BCUT2D eigenvalue weighted by molar-refractivity contribution is 0.0690. The zero-order chi connectivity index (χ0) is 13.9. The first-order valence-electron chi connectivity index (χ1n) is 6.23. The molecule has 0 radical (unpaired) electrons. The van der Waals surface area contributed by atoms with Crippen LogP contribution in [-0.4, -0.2) is 47.3 Å². The Kier molecular flexibility index (Phi) is 3.62. The second-order valence-corrected chi connectivity index (χ2v) is 5.27. The molecule has 2 aromatic heterocycles. The van der Waals surface area contributed by atoms with E-state index >= 15 is 0 Å². The summed E-state index contributed by atoms with van der Waals surface area (Å²) in [5, 5.41) is 11.1. The summed E-state index contributed by atoms with van der Waals surface area (Å²) in [6.07, 6.45) is 0. The van der Waals surface area contributed by atoms with E-state index in [2.05, 4.69) is 9.97 Å². The van der Waals surface area contributed by atoms with Gasteiger partial charge in [-0.05, 0) is 17.5 Å². The number of morpholine rings is 1. The number of ether oxygens (including phenoxy) is 1. The van der Waals surface area contributed by atoms with Crippen molar-refractivity contribution in [1.82, 2.24) is 9.97 Å². The van der Waals surface area contributed by atoms with Gasteiger partial charge in [0, 0.05) is 13.1 Å². The van der Waals surface area contributed by atoms with E-state index in [9.17, 15) is 9.90 Å². The largest absolute Gasteiger partial charge is 0.477 e. The molecule has 3 heterocycles. The van der Waals surface area contributed by atoms with Gasteiger partial charge in [0.15, 0.2) is 5.69 Å². The Hall–Kier alpha value is -1.99. The summed E-state index contributed by atoms with van der Waals surface area (Å²) in [4.78, 5) is 22.7. The third kappa shape index (κ3) is 2.63. The van der Waals surface area contributed by atoms with Crippen molar-refractivity contribution in [2.75, 3.05) is 31.2 Å². The maximum absolute atomic E-state index is 11.2. The quantitative estimate of drug-likeness (QED) is 0.928. The Morgan fingerprint density at radius 1 is 1.35 bits per heavy atom. The van der Waals surface area contributed by atoms with Crippen molar-refractivity contribution in [2.24, 2.45) is 0 Å². The molecule has 1 aliphatic heterocycles. The molecule has 20 heavy (non-hydrogen) atoms. The molecule has 3 rings (SSSR count). The summed E-state index contributed by atoms with van der Waals surface area (Å²) < 4.78 is 5.29. The summed E-state index contributed by atoms with van der Waals surface area (Å²) in [6.45, 7) is 2.56. The minimum Gasteiger partial charge on any atom is -0.477 e. The van der Waals surface area contributed by atoms with E-state index in [1.165, 1.54) is 17.4 Å². The van der Waals surface area contributed by atoms with Crippen molar-refractivity contribution in [3.63, 3.8) is 0 Å². The number of hydrogen-bond acceptors (Lipinski definition) is 6. The maximum atomic E-state index is 11.2. The molecule has 1 saturated heterocycles. The minimum absolute atomic E-state index is 0.0184. The van der Waals surface area contributed by atoms with Gasteiger partial charge in [0.1, 0.15) is 0 Å². The van der Waals surface area contributed by atoms with Crippen molar-refractivity contribution < 1.29 is 14.6 Å². The highest BCUT2D eigenvalue weighted by molar-refractivity contribution is 7.13. The lowest BCUT2D eigenvalue weighted by atomic mass is 10.3. The zero-order valence-electron chi connectivity index (χ0n) is 10.7. The predicted molar refractivity (Wildman–Crippen MR) is 75.3 cm³/mol. The van der Waals surface area contributed by atoms with Crippen molar-refractivity contribution in [3.8, 4) is 10.6 Å². The molecule has 0 atom stereocenters. The van der Waals surface area contributed by atoms with Crippen molar-refractivity contribution >= 4 is 23.3 Å². The van der Waals surface area contributed by atoms with Gasteiger partial charge in [-0.2, -0.15) is 0 Å². The number of carboxylic acid groups (broad SMARTS) is 1. The molecule has 1 N–H and O–H groups in total. The highest BCUT2D eigenvalue weighted by Gasteiger charge is 2.18. The van der Waals surface area contributed by atoms with Gasteiger partial charge in [-0.15, -0.1) is 11.3 Å². The fourth-order valence-corrected chi connectivity index (χ4v) is 2.69. The molecule has 104 valence electrons. The van der Waals surface area contributed by atoms with E-state index in [-0.39, 0.29) is 5.69 Å². The number of carbonyl (C=O) groups is 1. The van der Waals surface area contributed by atoms with Crippen LogP contribution in [0.3, 0.4) is 0 Å². The molecule has 0 aliphatic carbocycles. The SMILES string of the molecule is O=C(O)c1cc(-c2cccs2)nc(N2CCOCC2)n1. The maximum Gasteiger partial charge on any atom is 0.354 e. The van der Waals surface area contributed by atoms with Crippen LogP contribution < -0.4 is 4.90 Å². The third-order valence-electron chi connectivity index (χ3n) is 3.00. The van der Waals surface area contributed by atoms with E-state index in [0.29, 0.717) is 37.9 Å². The Morgan fingerprint density at radius 2 is 2.15 bits per heavy atom. The standard InChI is InChI=1S/C13H13N3O3S/c17-12(18)10-8-9(11-2-1-7-20-11)14-13(15-10)16-3-5-19-6-4-16/h1-2,7-8H,3-6H2,(H,17,18). The number of aromatic carboxylic acids is 1. The summed E-state index contributed by atoms with van der Waals surface area (Å²) >= 11 is 1.53. The Bertz CT molecular complexity index is 609. The number of anilines is 1. The number of thiophene rings is 1. The van der Waals surface area contributed by atoms with Gasteiger partial charge in [0.2, 0.25) is 5.95 Å².